The summed E-state index contributed by atoms with van der Waals surface area (Å²) >= 11 is 0. The number of pyridine rings is 1. The van der Waals surface area contributed by atoms with Crippen LogP contribution in [-0.4, -0.2) is 55.5 Å². The first-order chi connectivity index (χ1) is 13.3. The second-order valence-electron chi connectivity index (χ2n) is 7.05. The van der Waals surface area contributed by atoms with Gasteiger partial charge in [0.1, 0.15) is 22.3 Å². The lowest BCUT2D eigenvalue weighted by Crippen LogP contribution is -2.37. The van der Waals surface area contributed by atoms with Gasteiger partial charge in [0.15, 0.2) is 9.84 Å². The molecule has 0 unspecified atom stereocenters. The van der Waals surface area contributed by atoms with Crippen LogP contribution in [-0.2, 0) is 28.6 Å². The molecule has 0 amide bonds. The molecule has 2 aromatic heterocycles. The number of aliphatic hydroxyl groups is 1. The number of aromatic nitrogens is 1. The SMILES string of the molecule is CN(C)Cc1ccnc(C/C=C(\O)CN2CC=C2S(=O)(=O)Cc2ccco2)c1. The van der Waals surface area contributed by atoms with E-state index in [9.17, 15) is 13.5 Å². The standard InChI is InChI=1S/C20H25N3O4S/c1-22(2)13-16-7-9-21-17(12-16)5-6-18(24)14-23-10-8-20(23)28(25,26)15-19-4-3-11-27-19/h3-4,6-9,11-12,24H,5,10,13-15H2,1-2H3/b18-6-. The average Bonchev–Trinajstić information content (AvgIpc) is 3.08. The summed E-state index contributed by atoms with van der Waals surface area (Å²) in [6, 6.07) is 7.27. The zero-order chi connectivity index (χ0) is 20.1. The number of nitrogens with zero attached hydrogens (tertiary/aromatic N) is 3. The lowest BCUT2D eigenvalue weighted by atomic mass is 10.1. The van der Waals surface area contributed by atoms with Crippen LogP contribution in [0.2, 0.25) is 0 Å². The van der Waals surface area contributed by atoms with Crippen LogP contribution in [0.15, 0.2) is 64.1 Å². The van der Waals surface area contributed by atoms with Crippen LogP contribution in [0.5, 0.6) is 0 Å². The maximum atomic E-state index is 12.5. The normalized spacial score (nSPS) is 14.9. The molecule has 0 aromatic carbocycles. The Bertz CT molecular complexity index is 963. The summed E-state index contributed by atoms with van der Waals surface area (Å²) in [7, 11) is 0.520. The predicted octanol–water partition coefficient (Wildman–Crippen LogP) is 2.49. The van der Waals surface area contributed by atoms with Gasteiger partial charge in [0, 0.05) is 31.4 Å². The molecule has 28 heavy (non-hydrogen) atoms. The number of rotatable bonds is 9. The fourth-order valence-corrected chi connectivity index (χ4v) is 4.55. The molecule has 1 aliphatic heterocycles. The summed E-state index contributed by atoms with van der Waals surface area (Å²) < 4.78 is 30.1. The van der Waals surface area contributed by atoms with Gasteiger partial charge in [-0.1, -0.05) is 0 Å². The van der Waals surface area contributed by atoms with Crippen molar-refractivity contribution >= 4 is 9.84 Å². The lowest BCUT2D eigenvalue weighted by Gasteiger charge is -2.32. The topological polar surface area (TPSA) is 86.9 Å². The van der Waals surface area contributed by atoms with E-state index < -0.39 is 9.84 Å². The van der Waals surface area contributed by atoms with Gasteiger partial charge in [0.05, 0.1) is 12.8 Å². The van der Waals surface area contributed by atoms with E-state index >= 15 is 0 Å². The Balaban J connectivity index is 1.57. The van der Waals surface area contributed by atoms with E-state index in [1.54, 1.807) is 35.4 Å². The molecule has 2 aromatic rings. The number of hydrogen-bond acceptors (Lipinski definition) is 7. The number of sulfone groups is 1. The maximum absolute atomic E-state index is 12.5. The van der Waals surface area contributed by atoms with Crippen molar-refractivity contribution in [3.8, 4) is 0 Å². The van der Waals surface area contributed by atoms with Crippen molar-refractivity contribution < 1.29 is 17.9 Å². The third-order valence-corrected chi connectivity index (χ3v) is 6.04. The molecule has 1 aliphatic rings. The minimum Gasteiger partial charge on any atom is -0.511 e. The molecule has 0 fully saturated rings. The molecular weight excluding hydrogens is 378 g/mol. The van der Waals surface area contributed by atoms with Crippen molar-refractivity contribution in [2.24, 2.45) is 0 Å². The Kier molecular flexibility index (Phi) is 6.21. The van der Waals surface area contributed by atoms with E-state index in [2.05, 4.69) is 9.88 Å². The van der Waals surface area contributed by atoms with Gasteiger partial charge >= 0.3 is 0 Å². The van der Waals surface area contributed by atoms with Gasteiger partial charge in [-0.15, -0.1) is 0 Å². The van der Waals surface area contributed by atoms with Gasteiger partial charge in [-0.2, -0.15) is 0 Å². The largest absolute Gasteiger partial charge is 0.511 e. The number of hydrogen-bond donors (Lipinski definition) is 1. The fourth-order valence-electron chi connectivity index (χ4n) is 3.00. The molecule has 0 saturated carbocycles. The summed E-state index contributed by atoms with van der Waals surface area (Å²) in [5.74, 6) is 0.338. The highest BCUT2D eigenvalue weighted by molar-refractivity contribution is 7.94. The van der Waals surface area contributed by atoms with Gasteiger partial charge in [0.2, 0.25) is 0 Å². The third-order valence-electron chi connectivity index (χ3n) is 4.31. The van der Waals surface area contributed by atoms with Gasteiger partial charge in [-0.25, -0.2) is 8.42 Å². The molecule has 3 heterocycles. The molecule has 0 atom stereocenters. The molecule has 1 N–H and O–H groups in total. The molecule has 8 heteroatoms. The number of aliphatic hydroxyl groups excluding tert-OH is 1. The number of furan rings is 1. The van der Waals surface area contributed by atoms with Crippen molar-refractivity contribution in [2.45, 2.75) is 18.7 Å². The monoisotopic (exact) mass is 403 g/mol. The quantitative estimate of drug-likeness (QED) is 0.644. The molecule has 3 rings (SSSR count). The second-order valence-corrected chi connectivity index (χ2v) is 8.99. The molecule has 0 saturated heterocycles. The predicted molar refractivity (Wildman–Crippen MR) is 107 cm³/mol. The van der Waals surface area contributed by atoms with Crippen LogP contribution in [0.4, 0.5) is 0 Å². The summed E-state index contributed by atoms with van der Waals surface area (Å²) in [5.41, 5.74) is 2.01. The van der Waals surface area contributed by atoms with Crippen LogP contribution in [0.1, 0.15) is 17.0 Å². The Morgan fingerprint density at radius 2 is 2.21 bits per heavy atom. The molecule has 0 spiro atoms. The van der Waals surface area contributed by atoms with E-state index in [1.807, 2.05) is 26.2 Å². The van der Waals surface area contributed by atoms with Crippen molar-refractivity contribution in [3.05, 3.63) is 76.7 Å². The summed E-state index contributed by atoms with van der Waals surface area (Å²) in [6.45, 7) is 1.46. The van der Waals surface area contributed by atoms with Crippen LogP contribution in [0.3, 0.4) is 0 Å². The number of allylic oxidation sites excluding steroid dienone is 1. The molecule has 0 aliphatic carbocycles. The lowest BCUT2D eigenvalue weighted by molar-refractivity contribution is 0.300. The summed E-state index contributed by atoms with van der Waals surface area (Å²) in [4.78, 5) is 8.04. The van der Waals surface area contributed by atoms with Crippen molar-refractivity contribution in [1.29, 1.82) is 0 Å². The Morgan fingerprint density at radius 3 is 2.86 bits per heavy atom. The highest BCUT2D eigenvalue weighted by Gasteiger charge is 2.30. The van der Waals surface area contributed by atoms with E-state index in [0.717, 1.165) is 17.8 Å². The maximum Gasteiger partial charge on any atom is 0.200 e. The van der Waals surface area contributed by atoms with Crippen molar-refractivity contribution in [1.82, 2.24) is 14.8 Å². The van der Waals surface area contributed by atoms with Crippen LogP contribution < -0.4 is 0 Å². The van der Waals surface area contributed by atoms with Crippen LogP contribution >= 0.6 is 0 Å². The van der Waals surface area contributed by atoms with Crippen molar-refractivity contribution in [2.75, 3.05) is 27.2 Å². The average molecular weight is 404 g/mol. The third kappa shape index (κ3) is 5.24. The zero-order valence-electron chi connectivity index (χ0n) is 16.1. The highest BCUT2D eigenvalue weighted by Crippen LogP contribution is 2.25. The van der Waals surface area contributed by atoms with Gasteiger partial charge in [-0.05, 0) is 56.1 Å². The van der Waals surface area contributed by atoms with Crippen molar-refractivity contribution in [3.63, 3.8) is 0 Å². The minimum absolute atomic E-state index is 0.124. The smallest absolute Gasteiger partial charge is 0.200 e. The highest BCUT2D eigenvalue weighted by atomic mass is 32.2. The first-order valence-electron chi connectivity index (χ1n) is 9.00. The zero-order valence-corrected chi connectivity index (χ0v) is 16.9. The molecule has 150 valence electrons. The first kappa shape index (κ1) is 20.2. The second kappa shape index (κ2) is 8.62. The first-order valence-corrected chi connectivity index (χ1v) is 10.7. The fraction of sp³-hybridized carbons (Fsp3) is 0.350. The molecule has 7 nitrogen and oxygen atoms in total. The summed E-state index contributed by atoms with van der Waals surface area (Å²) in [5, 5.41) is 10.5. The van der Waals surface area contributed by atoms with E-state index in [-0.39, 0.29) is 23.1 Å². The van der Waals surface area contributed by atoms with Crippen LogP contribution in [0.25, 0.3) is 0 Å². The molecule has 0 radical (unpaired) electrons. The van der Waals surface area contributed by atoms with Crippen LogP contribution in [0, 0.1) is 0 Å². The Morgan fingerprint density at radius 1 is 1.39 bits per heavy atom. The van der Waals surface area contributed by atoms with E-state index in [0.29, 0.717) is 18.7 Å². The molecular formula is C20H25N3O4S. The van der Waals surface area contributed by atoms with E-state index in [4.69, 9.17) is 4.42 Å². The Labute approximate surface area is 165 Å². The van der Waals surface area contributed by atoms with Gasteiger partial charge in [-0.3, -0.25) is 4.98 Å². The summed E-state index contributed by atoms with van der Waals surface area (Å²) in [6.07, 6.45) is 7.03. The van der Waals surface area contributed by atoms with Gasteiger partial charge in [0.25, 0.3) is 0 Å². The Hall–Kier alpha value is -2.58. The van der Waals surface area contributed by atoms with E-state index in [1.165, 1.54) is 6.26 Å². The van der Waals surface area contributed by atoms with Gasteiger partial charge < -0.3 is 19.3 Å². The molecule has 0 bridgehead atoms. The minimum atomic E-state index is -3.49.